The summed E-state index contributed by atoms with van der Waals surface area (Å²) in [7, 11) is 3.75. The van der Waals surface area contributed by atoms with Crippen molar-refractivity contribution in [1.29, 1.82) is 0 Å². The van der Waals surface area contributed by atoms with Crippen LogP contribution in [-0.4, -0.2) is 26.0 Å². The highest BCUT2D eigenvalue weighted by Crippen LogP contribution is 2.32. The maximum atomic E-state index is 12.1. The molecule has 1 rings (SSSR count). The first kappa shape index (κ1) is 15.8. The van der Waals surface area contributed by atoms with E-state index in [0.29, 0.717) is 10.7 Å². The maximum Gasteiger partial charge on any atom is 0.241 e. The minimum atomic E-state index is -0.582. The molecule has 0 saturated heterocycles. The van der Waals surface area contributed by atoms with Crippen LogP contribution in [0.3, 0.4) is 0 Å². The standard InChI is InChI=1S/C14H22ClN3O/c1-14(2,3)12(16)13(19)17-10-8-6-7-9(15)11(10)18(4)5/h6-8,12H,16H2,1-5H3,(H,17,19)/t12-/m0/s1. The van der Waals surface area contributed by atoms with Gasteiger partial charge in [-0.1, -0.05) is 38.4 Å². The van der Waals surface area contributed by atoms with E-state index in [1.165, 1.54) is 0 Å². The summed E-state index contributed by atoms with van der Waals surface area (Å²) in [6.07, 6.45) is 0. The third-order valence-corrected chi connectivity index (χ3v) is 3.21. The van der Waals surface area contributed by atoms with Gasteiger partial charge in [-0.15, -0.1) is 0 Å². The van der Waals surface area contributed by atoms with Gasteiger partial charge in [0, 0.05) is 14.1 Å². The second kappa shape index (κ2) is 5.80. The van der Waals surface area contributed by atoms with Crippen molar-refractivity contribution in [2.45, 2.75) is 26.8 Å². The number of nitrogens with two attached hydrogens (primary N) is 1. The molecule has 3 N–H and O–H groups in total. The van der Waals surface area contributed by atoms with E-state index in [1.807, 2.05) is 45.8 Å². The first-order valence-electron chi connectivity index (χ1n) is 6.17. The summed E-state index contributed by atoms with van der Waals surface area (Å²) in [5.74, 6) is -0.210. The van der Waals surface area contributed by atoms with E-state index < -0.39 is 6.04 Å². The van der Waals surface area contributed by atoms with Gasteiger partial charge in [0.25, 0.3) is 0 Å². The number of halogens is 1. The molecule has 1 atom stereocenters. The fraction of sp³-hybridized carbons (Fsp3) is 0.500. The summed E-state index contributed by atoms with van der Waals surface area (Å²) >= 11 is 6.15. The van der Waals surface area contributed by atoms with E-state index in [2.05, 4.69) is 5.32 Å². The van der Waals surface area contributed by atoms with Gasteiger partial charge in [-0.05, 0) is 17.5 Å². The van der Waals surface area contributed by atoms with E-state index in [9.17, 15) is 4.79 Å². The number of carbonyl (C=O) groups is 1. The number of benzene rings is 1. The minimum Gasteiger partial charge on any atom is -0.375 e. The van der Waals surface area contributed by atoms with Crippen LogP contribution < -0.4 is 16.0 Å². The molecule has 19 heavy (non-hydrogen) atoms. The lowest BCUT2D eigenvalue weighted by Crippen LogP contribution is -2.45. The summed E-state index contributed by atoms with van der Waals surface area (Å²) in [6.45, 7) is 5.80. The molecular weight excluding hydrogens is 262 g/mol. The van der Waals surface area contributed by atoms with Gasteiger partial charge in [0.05, 0.1) is 22.4 Å². The monoisotopic (exact) mass is 283 g/mol. The second-order valence-electron chi connectivity index (χ2n) is 5.86. The molecule has 106 valence electrons. The van der Waals surface area contributed by atoms with Gasteiger partial charge in [0.2, 0.25) is 5.91 Å². The second-order valence-corrected chi connectivity index (χ2v) is 6.27. The third-order valence-electron chi connectivity index (χ3n) is 2.91. The molecule has 1 aromatic rings. The number of carbonyl (C=O) groups excluding carboxylic acids is 1. The van der Waals surface area contributed by atoms with Crippen molar-refractivity contribution < 1.29 is 4.79 Å². The van der Waals surface area contributed by atoms with E-state index in [1.54, 1.807) is 12.1 Å². The number of rotatable bonds is 3. The van der Waals surface area contributed by atoms with Crippen molar-refractivity contribution in [3.63, 3.8) is 0 Å². The summed E-state index contributed by atoms with van der Waals surface area (Å²) in [6, 6.07) is 4.82. The molecule has 0 aromatic heterocycles. The van der Waals surface area contributed by atoms with Crippen molar-refractivity contribution in [3.05, 3.63) is 23.2 Å². The van der Waals surface area contributed by atoms with Gasteiger partial charge in [-0.25, -0.2) is 0 Å². The van der Waals surface area contributed by atoms with Crippen molar-refractivity contribution in [1.82, 2.24) is 0 Å². The van der Waals surface area contributed by atoms with Crippen LogP contribution in [0, 0.1) is 5.41 Å². The lowest BCUT2D eigenvalue weighted by molar-refractivity contribution is -0.119. The van der Waals surface area contributed by atoms with Crippen LogP contribution in [0.5, 0.6) is 0 Å². The summed E-state index contributed by atoms with van der Waals surface area (Å²) in [5, 5.41) is 3.44. The first-order valence-corrected chi connectivity index (χ1v) is 6.54. The molecule has 0 radical (unpaired) electrons. The molecule has 5 heteroatoms. The molecule has 0 aliphatic heterocycles. The van der Waals surface area contributed by atoms with Crippen LogP contribution in [-0.2, 0) is 4.79 Å². The molecule has 1 aromatic carbocycles. The van der Waals surface area contributed by atoms with Gasteiger partial charge in [0.15, 0.2) is 0 Å². The number of nitrogens with one attached hydrogen (secondary N) is 1. The van der Waals surface area contributed by atoms with Crippen molar-refractivity contribution in [2.75, 3.05) is 24.3 Å². The Kier molecular flexibility index (Phi) is 4.82. The number of para-hydroxylation sites is 1. The molecule has 0 aliphatic carbocycles. The molecule has 0 saturated carbocycles. The highest BCUT2D eigenvalue weighted by Gasteiger charge is 2.28. The molecular formula is C14H22ClN3O. The Morgan fingerprint density at radius 2 is 1.95 bits per heavy atom. The van der Waals surface area contributed by atoms with E-state index in [4.69, 9.17) is 17.3 Å². The Morgan fingerprint density at radius 3 is 2.42 bits per heavy atom. The SMILES string of the molecule is CN(C)c1c(Cl)cccc1NC(=O)[C@H](N)C(C)(C)C. The van der Waals surface area contributed by atoms with Crippen LogP contribution in [0.1, 0.15) is 20.8 Å². The summed E-state index contributed by atoms with van der Waals surface area (Å²) < 4.78 is 0. The number of amides is 1. The fourth-order valence-electron chi connectivity index (χ4n) is 1.67. The van der Waals surface area contributed by atoms with Gasteiger partial charge >= 0.3 is 0 Å². The highest BCUT2D eigenvalue weighted by atomic mass is 35.5. The van der Waals surface area contributed by atoms with Crippen molar-refractivity contribution in [2.24, 2.45) is 11.1 Å². The van der Waals surface area contributed by atoms with Crippen molar-refractivity contribution in [3.8, 4) is 0 Å². The third kappa shape index (κ3) is 3.85. The Hall–Kier alpha value is -1.26. The van der Waals surface area contributed by atoms with Crippen LogP contribution in [0.4, 0.5) is 11.4 Å². The Labute approximate surface area is 119 Å². The molecule has 1 amide bonds. The van der Waals surface area contributed by atoms with Crippen LogP contribution in [0.15, 0.2) is 18.2 Å². The Morgan fingerprint density at radius 1 is 1.37 bits per heavy atom. The zero-order valence-corrected chi connectivity index (χ0v) is 12.9. The smallest absolute Gasteiger partial charge is 0.241 e. The summed E-state index contributed by atoms with van der Waals surface area (Å²) in [5.41, 5.74) is 7.10. The molecule has 0 heterocycles. The first-order chi connectivity index (χ1) is 8.64. The molecule has 0 spiro atoms. The Bertz CT molecular complexity index is 466. The van der Waals surface area contributed by atoms with E-state index >= 15 is 0 Å². The van der Waals surface area contributed by atoms with Crippen LogP contribution >= 0.6 is 11.6 Å². The zero-order chi connectivity index (χ0) is 14.8. The molecule has 0 aliphatic rings. The number of anilines is 2. The topological polar surface area (TPSA) is 58.4 Å². The quantitative estimate of drug-likeness (QED) is 0.897. The average Bonchev–Trinajstić information content (AvgIpc) is 2.26. The van der Waals surface area contributed by atoms with Crippen molar-refractivity contribution >= 4 is 28.9 Å². The van der Waals surface area contributed by atoms with E-state index in [0.717, 1.165) is 5.69 Å². The molecule has 0 fully saturated rings. The zero-order valence-electron chi connectivity index (χ0n) is 12.1. The lowest BCUT2D eigenvalue weighted by atomic mass is 9.87. The normalized spacial score (nSPS) is 13.0. The number of nitrogens with zero attached hydrogens (tertiary/aromatic N) is 1. The fourth-order valence-corrected chi connectivity index (χ4v) is 2.02. The van der Waals surface area contributed by atoms with Gasteiger partial charge in [0.1, 0.15) is 0 Å². The van der Waals surface area contributed by atoms with Crippen LogP contribution in [0.25, 0.3) is 0 Å². The predicted molar refractivity (Wildman–Crippen MR) is 81.8 cm³/mol. The largest absolute Gasteiger partial charge is 0.375 e. The van der Waals surface area contributed by atoms with Gasteiger partial charge < -0.3 is 16.0 Å². The van der Waals surface area contributed by atoms with Gasteiger partial charge in [-0.3, -0.25) is 4.79 Å². The van der Waals surface area contributed by atoms with Gasteiger partial charge in [-0.2, -0.15) is 0 Å². The predicted octanol–water partition coefficient (Wildman–Crippen LogP) is 2.72. The maximum absolute atomic E-state index is 12.1. The molecule has 0 unspecified atom stereocenters. The number of hydrogen-bond acceptors (Lipinski definition) is 3. The lowest BCUT2D eigenvalue weighted by Gasteiger charge is -2.27. The highest BCUT2D eigenvalue weighted by molar-refractivity contribution is 6.34. The number of hydrogen-bond donors (Lipinski definition) is 2. The van der Waals surface area contributed by atoms with E-state index in [-0.39, 0.29) is 11.3 Å². The Balaban J connectivity index is 3.01. The average molecular weight is 284 g/mol. The molecule has 4 nitrogen and oxygen atoms in total. The van der Waals surface area contributed by atoms with Crippen LogP contribution in [0.2, 0.25) is 5.02 Å². The minimum absolute atomic E-state index is 0.210. The molecule has 0 bridgehead atoms. The summed E-state index contributed by atoms with van der Waals surface area (Å²) in [4.78, 5) is 14.0.